The van der Waals surface area contributed by atoms with Crippen LogP contribution in [0.3, 0.4) is 0 Å². The zero-order chi connectivity index (χ0) is 25.5. The third-order valence-corrected chi connectivity index (χ3v) is 6.70. The van der Waals surface area contributed by atoms with Gasteiger partial charge in [-0.3, -0.25) is 13.9 Å². The van der Waals surface area contributed by atoms with Crippen LogP contribution in [0.4, 0.5) is 5.69 Å². The fourth-order valence-corrected chi connectivity index (χ4v) is 4.53. The molecule has 10 heteroatoms. The molecule has 1 N–H and O–H groups in total. The van der Waals surface area contributed by atoms with E-state index in [1.165, 1.54) is 4.90 Å². The summed E-state index contributed by atoms with van der Waals surface area (Å²) in [5.41, 5.74) is 1.74. The number of carbonyl (C=O) groups is 2. The summed E-state index contributed by atoms with van der Waals surface area (Å²) < 4.78 is 31.5. The number of benzene rings is 2. The number of hydrogen-bond donors (Lipinski definition) is 1. The van der Waals surface area contributed by atoms with Gasteiger partial charge < -0.3 is 15.0 Å². The van der Waals surface area contributed by atoms with Crippen LogP contribution in [-0.4, -0.2) is 57.6 Å². The van der Waals surface area contributed by atoms with E-state index < -0.39 is 28.5 Å². The second-order valence-electron chi connectivity index (χ2n) is 8.04. The topological polar surface area (TPSA) is 96.0 Å². The first-order chi connectivity index (χ1) is 16.0. The molecule has 0 radical (unpaired) electrons. The third-order valence-electron chi connectivity index (χ3n) is 5.34. The van der Waals surface area contributed by atoms with Crippen molar-refractivity contribution in [3.63, 3.8) is 0 Å². The molecule has 1 atom stereocenters. The molecule has 0 saturated heterocycles. The summed E-state index contributed by atoms with van der Waals surface area (Å²) >= 11 is 6.03. The Labute approximate surface area is 206 Å². The predicted molar refractivity (Wildman–Crippen MR) is 135 cm³/mol. The van der Waals surface area contributed by atoms with Crippen molar-refractivity contribution < 1.29 is 22.7 Å². The lowest BCUT2D eigenvalue weighted by atomic mass is 10.1. The van der Waals surface area contributed by atoms with Gasteiger partial charge in [-0.2, -0.15) is 0 Å². The van der Waals surface area contributed by atoms with Crippen molar-refractivity contribution in [1.82, 2.24) is 10.2 Å². The van der Waals surface area contributed by atoms with E-state index in [1.807, 2.05) is 6.92 Å². The molecule has 0 fully saturated rings. The number of carbonyl (C=O) groups excluding carboxylic acids is 2. The van der Waals surface area contributed by atoms with E-state index >= 15 is 0 Å². The van der Waals surface area contributed by atoms with Gasteiger partial charge in [0.2, 0.25) is 21.8 Å². The number of amides is 2. The summed E-state index contributed by atoms with van der Waals surface area (Å²) in [7, 11) is -2.24. The maximum absolute atomic E-state index is 13.5. The summed E-state index contributed by atoms with van der Waals surface area (Å²) in [4.78, 5) is 27.6. The number of nitrogens with zero attached hydrogens (tertiary/aromatic N) is 2. The molecular formula is C24H32ClN3O5S. The predicted octanol–water partition coefficient (Wildman–Crippen LogP) is 3.37. The van der Waals surface area contributed by atoms with Crippen molar-refractivity contribution in [3.8, 4) is 5.75 Å². The van der Waals surface area contributed by atoms with Crippen LogP contribution in [0.2, 0.25) is 5.02 Å². The normalized spacial score (nSPS) is 12.1. The van der Waals surface area contributed by atoms with Crippen LogP contribution in [0.1, 0.15) is 31.4 Å². The fourth-order valence-electron chi connectivity index (χ4n) is 3.40. The maximum atomic E-state index is 13.5. The third kappa shape index (κ3) is 7.36. The lowest BCUT2D eigenvalue weighted by Crippen LogP contribution is -2.51. The van der Waals surface area contributed by atoms with Crippen LogP contribution in [0, 0.1) is 6.92 Å². The average Bonchev–Trinajstić information content (AvgIpc) is 2.79. The van der Waals surface area contributed by atoms with Gasteiger partial charge in [-0.15, -0.1) is 0 Å². The highest BCUT2D eigenvalue weighted by Crippen LogP contribution is 2.26. The number of ether oxygens (including phenoxy) is 1. The van der Waals surface area contributed by atoms with Crippen LogP contribution in [-0.2, 0) is 26.2 Å². The van der Waals surface area contributed by atoms with Crippen molar-refractivity contribution in [2.45, 2.75) is 39.8 Å². The van der Waals surface area contributed by atoms with Crippen molar-refractivity contribution in [2.24, 2.45) is 0 Å². The molecule has 0 aliphatic rings. The zero-order valence-corrected chi connectivity index (χ0v) is 21.7. The summed E-state index contributed by atoms with van der Waals surface area (Å²) in [6, 6.07) is 11.1. The molecule has 2 aromatic carbocycles. The number of nitrogens with one attached hydrogen (secondary N) is 1. The minimum absolute atomic E-state index is 0.126. The van der Waals surface area contributed by atoms with Gasteiger partial charge in [-0.25, -0.2) is 8.42 Å². The molecule has 1 unspecified atom stereocenters. The molecule has 2 aromatic rings. The minimum Gasteiger partial charge on any atom is -0.497 e. The second kappa shape index (κ2) is 12.1. The molecular weight excluding hydrogens is 478 g/mol. The lowest BCUT2D eigenvalue weighted by molar-refractivity contribution is -0.139. The number of methoxy groups -OCH3 is 1. The monoisotopic (exact) mass is 509 g/mol. The quantitative estimate of drug-likeness (QED) is 0.501. The number of aryl methyl sites for hydroxylation is 1. The SMILES string of the molecule is CCCNC(=O)C(C)N(Cc1ccc(OC)cc1)C(=O)CN(c1ccc(Cl)cc1C)S(C)(=O)=O. The van der Waals surface area contributed by atoms with E-state index in [-0.39, 0.29) is 12.5 Å². The van der Waals surface area contributed by atoms with Crippen molar-refractivity contribution in [2.75, 3.05) is 30.8 Å². The number of halogens is 1. The molecule has 0 aliphatic heterocycles. The summed E-state index contributed by atoms with van der Waals surface area (Å²) in [5, 5.41) is 3.26. The van der Waals surface area contributed by atoms with E-state index in [4.69, 9.17) is 16.3 Å². The fraction of sp³-hybridized carbons (Fsp3) is 0.417. The van der Waals surface area contributed by atoms with Gasteiger partial charge in [0.1, 0.15) is 18.3 Å². The van der Waals surface area contributed by atoms with Crippen molar-refractivity contribution in [1.29, 1.82) is 0 Å². The Balaban J connectivity index is 2.39. The second-order valence-corrected chi connectivity index (χ2v) is 10.4. The molecule has 186 valence electrons. The number of hydrogen-bond acceptors (Lipinski definition) is 5. The lowest BCUT2D eigenvalue weighted by Gasteiger charge is -2.32. The van der Waals surface area contributed by atoms with Gasteiger partial charge in [0.25, 0.3) is 0 Å². The van der Waals surface area contributed by atoms with Crippen LogP contribution < -0.4 is 14.4 Å². The molecule has 0 aromatic heterocycles. The molecule has 34 heavy (non-hydrogen) atoms. The van der Waals surface area contributed by atoms with Gasteiger partial charge in [0.15, 0.2) is 0 Å². The van der Waals surface area contributed by atoms with Gasteiger partial charge in [-0.05, 0) is 61.7 Å². The molecule has 0 spiro atoms. The van der Waals surface area contributed by atoms with E-state index in [0.717, 1.165) is 22.5 Å². The Morgan fingerprint density at radius 1 is 1.15 bits per heavy atom. The molecule has 0 aliphatic carbocycles. The Morgan fingerprint density at radius 3 is 2.32 bits per heavy atom. The van der Waals surface area contributed by atoms with E-state index in [1.54, 1.807) is 63.4 Å². The van der Waals surface area contributed by atoms with Gasteiger partial charge in [0, 0.05) is 18.1 Å². The zero-order valence-electron chi connectivity index (χ0n) is 20.2. The average molecular weight is 510 g/mol. The van der Waals surface area contributed by atoms with Crippen LogP contribution in [0.5, 0.6) is 5.75 Å². The van der Waals surface area contributed by atoms with Crippen molar-refractivity contribution >= 4 is 39.1 Å². The Hall–Kier alpha value is -2.78. The number of sulfonamides is 1. The summed E-state index contributed by atoms with van der Waals surface area (Å²) in [5.74, 6) is -0.149. The first kappa shape index (κ1) is 27.5. The maximum Gasteiger partial charge on any atom is 0.244 e. The first-order valence-corrected chi connectivity index (χ1v) is 13.1. The number of rotatable bonds is 11. The highest BCUT2D eigenvalue weighted by molar-refractivity contribution is 7.92. The van der Waals surface area contributed by atoms with Gasteiger partial charge in [-0.1, -0.05) is 30.7 Å². The van der Waals surface area contributed by atoms with Gasteiger partial charge in [0.05, 0.1) is 19.1 Å². The number of anilines is 1. The molecule has 8 nitrogen and oxygen atoms in total. The molecule has 0 heterocycles. The van der Waals surface area contributed by atoms with E-state index in [0.29, 0.717) is 28.6 Å². The van der Waals surface area contributed by atoms with Crippen molar-refractivity contribution in [3.05, 3.63) is 58.6 Å². The Bertz CT molecular complexity index is 1110. The van der Waals surface area contributed by atoms with Crippen LogP contribution >= 0.6 is 11.6 Å². The largest absolute Gasteiger partial charge is 0.497 e. The van der Waals surface area contributed by atoms with E-state index in [2.05, 4.69) is 5.32 Å². The van der Waals surface area contributed by atoms with Gasteiger partial charge >= 0.3 is 0 Å². The highest BCUT2D eigenvalue weighted by Gasteiger charge is 2.30. The molecule has 2 rings (SSSR count). The highest BCUT2D eigenvalue weighted by atomic mass is 35.5. The minimum atomic E-state index is -3.80. The van der Waals surface area contributed by atoms with E-state index in [9.17, 15) is 18.0 Å². The van der Waals surface area contributed by atoms with Crippen LogP contribution in [0.15, 0.2) is 42.5 Å². The molecule has 2 amide bonds. The summed E-state index contributed by atoms with van der Waals surface area (Å²) in [6.45, 7) is 5.44. The Morgan fingerprint density at radius 2 is 1.79 bits per heavy atom. The molecule has 0 saturated carbocycles. The standard InChI is InChI=1S/C24H32ClN3O5S/c1-6-13-26-24(30)18(3)27(15-19-7-10-21(33-4)11-8-19)23(29)16-28(34(5,31)32)22-12-9-20(25)14-17(22)2/h7-12,14,18H,6,13,15-16H2,1-5H3,(H,26,30). The van der Waals surface area contributed by atoms with Crippen LogP contribution in [0.25, 0.3) is 0 Å². The first-order valence-electron chi connectivity index (χ1n) is 10.9. The smallest absolute Gasteiger partial charge is 0.244 e. The Kier molecular flexibility index (Phi) is 9.76. The molecule has 0 bridgehead atoms. The summed E-state index contributed by atoms with van der Waals surface area (Å²) in [6.07, 6.45) is 1.79.